The molecular weight excluding hydrogens is 411 g/mol. The van der Waals surface area contributed by atoms with Crippen molar-refractivity contribution in [3.05, 3.63) is 53.9 Å². The summed E-state index contributed by atoms with van der Waals surface area (Å²) in [5.74, 6) is 0.711. The molecule has 1 aliphatic heterocycles. The van der Waals surface area contributed by atoms with Gasteiger partial charge in [0.05, 0.1) is 37.2 Å². The fourth-order valence-electron chi connectivity index (χ4n) is 3.64. The number of urea groups is 1. The monoisotopic (exact) mass is 437 g/mol. The van der Waals surface area contributed by atoms with Crippen LogP contribution in [0.4, 0.5) is 23.7 Å². The molecule has 0 radical (unpaired) electrons. The zero-order chi connectivity index (χ0) is 22.8. The second-order valence-electron chi connectivity index (χ2n) is 7.78. The molecule has 3 rings (SSSR count). The number of aromatic nitrogens is 1. The number of carbonyl (C=O) groups excluding carboxylic acids is 1. The molecule has 2 heterocycles. The third-order valence-corrected chi connectivity index (χ3v) is 5.29. The van der Waals surface area contributed by atoms with E-state index in [1.165, 1.54) is 11.0 Å². The second-order valence-corrected chi connectivity index (χ2v) is 7.78. The van der Waals surface area contributed by atoms with E-state index in [0.29, 0.717) is 30.2 Å². The van der Waals surface area contributed by atoms with Crippen LogP contribution in [0.2, 0.25) is 0 Å². The molecule has 2 aromatic rings. The van der Waals surface area contributed by atoms with Crippen LogP contribution in [0.25, 0.3) is 0 Å². The highest BCUT2D eigenvalue weighted by Crippen LogP contribution is 2.32. The van der Waals surface area contributed by atoms with E-state index < -0.39 is 18.0 Å². The molecule has 9 heteroatoms. The lowest BCUT2D eigenvalue weighted by molar-refractivity contribution is -0.141. The number of hydrogen-bond acceptors (Lipinski definition) is 4. The Labute approximate surface area is 179 Å². The van der Waals surface area contributed by atoms with E-state index >= 15 is 0 Å². The first-order valence-electron chi connectivity index (χ1n) is 10.1. The molecule has 1 N–H and O–H groups in total. The lowest BCUT2D eigenvalue weighted by Crippen LogP contribution is -2.40. The number of alkyl halides is 3. The third-order valence-electron chi connectivity index (χ3n) is 5.29. The van der Waals surface area contributed by atoms with Crippen LogP contribution in [-0.4, -0.2) is 46.8 Å². The molecule has 0 saturated carbocycles. The number of β-amino-alcohol motifs (C(OH)–C–C–N with tert-alkyl or cyclic N) is 1. The number of amides is 2. The molecule has 1 fully saturated rings. The van der Waals surface area contributed by atoms with E-state index in [2.05, 4.69) is 4.98 Å². The first-order chi connectivity index (χ1) is 14.6. The predicted molar refractivity (Wildman–Crippen MR) is 110 cm³/mol. The van der Waals surface area contributed by atoms with E-state index in [9.17, 15) is 23.1 Å². The number of benzene rings is 1. The molecule has 168 valence electrons. The molecule has 1 aromatic heterocycles. The number of carbonyl (C=O) groups is 1. The summed E-state index contributed by atoms with van der Waals surface area (Å²) < 4.78 is 43.9. The Hall–Kier alpha value is -2.81. The molecular formula is C22H26F3N3O3. The Bertz CT molecular complexity index is 903. The lowest BCUT2D eigenvalue weighted by atomic mass is 10.0. The molecule has 1 unspecified atom stereocenters. The van der Waals surface area contributed by atoms with Crippen molar-refractivity contribution >= 4 is 11.7 Å². The summed E-state index contributed by atoms with van der Waals surface area (Å²) in [4.78, 5) is 19.5. The fourth-order valence-corrected chi connectivity index (χ4v) is 3.64. The summed E-state index contributed by atoms with van der Waals surface area (Å²) in [5.41, 5.74) is -0.0975. The van der Waals surface area contributed by atoms with Gasteiger partial charge in [-0.25, -0.2) is 9.78 Å². The second kappa shape index (κ2) is 9.13. The summed E-state index contributed by atoms with van der Waals surface area (Å²) in [6.07, 6.45) is -4.42. The smallest absolute Gasteiger partial charge is 0.433 e. The molecule has 0 aliphatic carbocycles. The minimum Gasteiger partial charge on any atom is -0.494 e. The summed E-state index contributed by atoms with van der Waals surface area (Å²) in [5, 5.41) is 10.8. The van der Waals surface area contributed by atoms with Crippen LogP contribution in [0.1, 0.15) is 38.1 Å². The van der Waals surface area contributed by atoms with E-state index in [-0.39, 0.29) is 24.5 Å². The first-order valence-corrected chi connectivity index (χ1v) is 10.1. The van der Waals surface area contributed by atoms with Gasteiger partial charge in [0, 0.05) is 6.54 Å². The molecule has 31 heavy (non-hydrogen) atoms. The van der Waals surface area contributed by atoms with Gasteiger partial charge in [0.2, 0.25) is 0 Å². The SMILES string of the molecule is CCOc1cccc(C(O)CN2C(=O)N(c3ccc(C(F)(F)F)nc3)C[C@@H]2C(C)C)c1. The van der Waals surface area contributed by atoms with Gasteiger partial charge in [-0.1, -0.05) is 26.0 Å². The molecule has 6 nitrogen and oxygen atoms in total. The van der Waals surface area contributed by atoms with Crippen molar-refractivity contribution in [3.63, 3.8) is 0 Å². The van der Waals surface area contributed by atoms with Crippen molar-refractivity contribution < 1.29 is 27.8 Å². The van der Waals surface area contributed by atoms with Gasteiger partial charge in [-0.3, -0.25) is 4.90 Å². The summed E-state index contributed by atoms with van der Waals surface area (Å²) in [6.45, 7) is 6.64. The number of halogens is 3. The highest BCUT2D eigenvalue weighted by atomic mass is 19.4. The van der Waals surface area contributed by atoms with Gasteiger partial charge in [0.1, 0.15) is 11.4 Å². The van der Waals surface area contributed by atoms with Gasteiger partial charge in [0.15, 0.2) is 0 Å². The number of anilines is 1. The van der Waals surface area contributed by atoms with Crippen LogP contribution >= 0.6 is 0 Å². The van der Waals surface area contributed by atoms with Crippen LogP contribution < -0.4 is 9.64 Å². The van der Waals surface area contributed by atoms with Crippen LogP contribution in [0.5, 0.6) is 5.75 Å². The zero-order valence-electron chi connectivity index (χ0n) is 17.6. The predicted octanol–water partition coefficient (Wildman–Crippen LogP) is 4.50. The zero-order valence-corrected chi connectivity index (χ0v) is 17.6. The number of nitrogens with zero attached hydrogens (tertiary/aromatic N) is 3. The number of hydrogen-bond donors (Lipinski definition) is 1. The largest absolute Gasteiger partial charge is 0.494 e. The van der Waals surface area contributed by atoms with E-state index in [4.69, 9.17) is 4.74 Å². The van der Waals surface area contributed by atoms with E-state index in [0.717, 1.165) is 12.3 Å². The summed E-state index contributed by atoms with van der Waals surface area (Å²) in [6, 6.07) is 8.58. The van der Waals surface area contributed by atoms with Crippen molar-refractivity contribution in [1.29, 1.82) is 0 Å². The summed E-state index contributed by atoms with van der Waals surface area (Å²) >= 11 is 0. The number of rotatable bonds is 7. The van der Waals surface area contributed by atoms with Crippen molar-refractivity contribution in [3.8, 4) is 5.75 Å². The van der Waals surface area contributed by atoms with Crippen molar-refractivity contribution in [2.75, 3.05) is 24.6 Å². The number of pyridine rings is 1. The van der Waals surface area contributed by atoms with Crippen molar-refractivity contribution in [1.82, 2.24) is 9.88 Å². The minimum absolute atomic E-state index is 0.0574. The van der Waals surface area contributed by atoms with Crippen LogP contribution in [0, 0.1) is 5.92 Å². The molecule has 0 spiro atoms. The molecule has 2 atom stereocenters. The quantitative estimate of drug-likeness (QED) is 0.693. The average Bonchev–Trinajstić information content (AvgIpc) is 3.04. The van der Waals surface area contributed by atoms with E-state index in [1.807, 2.05) is 20.8 Å². The van der Waals surface area contributed by atoms with Gasteiger partial charge in [0.25, 0.3) is 0 Å². The standard InChI is InChI=1S/C22H26F3N3O3/c1-4-31-17-7-5-6-15(10-17)19(29)13-28-18(14(2)3)12-27(21(28)30)16-8-9-20(26-11-16)22(23,24)25/h5-11,14,18-19,29H,4,12-13H2,1-3H3/t18-,19?/m1/s1. The molecule has 1 aromatic carbocycles. The number of ether oxygens (including phenoxy) is 1. The first kappa shape index (κ1) is 22.9. The van der Waals surface area contributed by atoms with Crippen molar-refractivity contribution in [2.24, 2.45) is 5.92 Å². The highest BCUT2D eigenvalue weighted by molar-refractivity contribution is 5.94. The average molecular weight is 437 g/mol. The van der Waals surface area contributed by atoms with Gasteiger partial charge in [-0.15, -0.1) is 0 Å². The molecule has 0 bridgehead atoms. The lowest BCUT2D eigenvalue weighted by Gasteiger charge is -2.28. The maximum absolute atomic E-state index is 13.1. The van der Waals surface area contributed by atoms with Gasteiger partial charge < -0.3 is 14.7 Å². The van der Waals surface area contributed by atoms with Gasteiger partial charge in [-0.2, -0.15) is 13.2 Å². The number of aliphatic hydroxyl groups is 1. The molecule has 2 amide bonds. The Morgan fingerprint density at radius 2 is 2.00 bits per heavy atom. The molecule has 1 aliphatic rings. The maximum atomic E-state index is 13.1. The Kier molecular flexibility index (Phi) is 6.74. The Morgan fingerprint density at radius 1 is 1.26 bits per heavy atom. The van der Waals surface area contributed by atoms with Gasteiger partial charge in [-0.05, 0) is 42.7 Å². The van der Waals surface area contributed by atoms with E-state index in [1.54, 1.807) is 29.2 Å². The summed E-state index contributed by atoms with van der Waals surface area (Å²) in [7, 11) is 0. The Balaban J connectivity index is 1.80. The normalized spacial score (nSPS) is 18.1. The third kappa shape index (κ3) is 5.10. The van der Waals surface area contributed by atoms with Crippen LogP contribution in [-0.2, 0) is 6.18 Å². The topological polar surface area (TPSA) is 65.9 Å². The maximum Gasteiger partial charge on any atom is 0.433 e. The van der Waals surface area contributed by atoms with Gasteiger partial charge >= 0.3 is 12.2 Å². The Morgan fingerprint density at radius 3 is 2.58 bits per heavy atom. The number of aliphatic hydroxyl groups excluding tert-OH is 1. The minimum atomic E-state index is -4.54. The highest BCUT2D eigenvalue weighted by Gasteiger charge is 2.41. The fraction of sp³-hybridized carbons (Fsp3) is 0.455. The van der Waals surface area contributed by atoms with Crippen LogP contribution in [0.3, 0.4) is 0 Å². The van der Waals surface area contributed by atoms with Crippen LogP contribution in [0.15, 0.2) is 42.6 Å². The molecule has 1 saturated heterocycles. The van der Waals surface area contributed by atoms with Crippen molar-refractivity contribution in [2.45, 2.75) is 39.1 Å².